The average molecular weight is 352 g/mol. The number of carbonyl (C=O) groups is 1. The average Bonchev–Trinajstić information content (AvgIpc) is 3.10. The molecule has 0 unspecified atom stereocenters. The summed E-state index contributed by atoms with van der Waals surface area (Å²) >= 11 is 0. The van der Waals surface area contributed by atoms with Crippen LogP contribution in [0.5, 0.6) is 0 Å². The van der Waals surface area contributed by atoms with Crippen molar-refractivity contribution in [1.82, 2.24) is 4.72 Å². The highest BCUT2D eigenvalue weighted by Crippen LogP contribution is 2.21. The minimum absolute atomic E-state index is 0.0302. The van der Waals surface area contributed by atoms with Crippen LogP contribution >= 0.6 is 0 Å². The molecule has 132 valence electrons. The topological polar surface area (TPSA) is 84.5 Å². The van der Waals surface area contributed by atoms with Gasteiger partial charge in [-0.2, -0.15) is 0 Å². The minimum atomic E-state index is -3.51. The van der Waals surface area contributed by atoms with Crippen LogP contribution in [0.2, 0.25) is 0 Å². The second-order valence-electron chi connectivity index (χ2n) is 6.47. The van der Waals surface area contributed by atoms with Crippen molar-refractivity contribution in [2.45, 2.75) is 62.0 Å². The maximum absolute atomic E-state index is 12.4. The Labute approximate surface area is 143 Å². The summed E-state index contributed by atoms with van der Waals surface area (Å²) in [6.07, 6.45) is 6.33. The summed E-state index contributed by atoms with van der Waals surface area (Å²) < 4.78 is 33.0. The number of amides is 1. The summed E-state index contributed by atoms with van der Waals surface area (Å²) in [5.74, 6) is -0.177. The molecule has 6 nitrogen and oxygen atoms in total. The number of ether oxygens (including phenoxy) is 1. The first-order valence-corrected chi connectivity index (χ1v) is 10.1. The number of carbonyl (C=O) groups excluding carboxylic acids is 1. The minimum Gasteiger partial charge on any atom is -0.368 e. The molecule has 7 heteroatoms. The Morgan fingerprint density at radius 2 is 1.71 bits per heavy atom. The third-order valence-corrected chi connectivity index (χ3v) is 6.12. The van der Waals surface area contributed by atoms with E-state index in [-0.39, 0.29) is 16.8 Å². The normalized spacial score (nSPS) is 22.4. The smallest absolute Gasteiger partial charge is 0.253 e. The molecule has 2 fully saturated rings. The maximum atomic E-state index is 12.4. The number of sulfonamides is 1. The van der Waals surface area contributed by atoms with Crippen LogP contribution in [0.1, 0.15) is 44.9 Å². The van der Waals surface area contributed by atoms with Crippen molar-refractivity contribution in [3.8, 4) is 0 Å². The Morgan fingerprint density at radius 3 is 2.33 bits per heavy atom. The van der Waals surface area contributed by atoms with Gasteiger partial charge >= 0.3 is 0 Å². The molecule has 1 saturated carbocycles. The van der Waals surface area contributed by atoms with Crippen LogP contribution in [0.15, 0.2) is 29.2 Å². The van der Waals surface area contributed by atoms with Crippen molar-refractivity contribution in [3.63, 3.8) is 0 Å². The second kappa shape index (κ2) is 7.63. The molecule has 0 bridgehead atoms. The molecule has 2 N–H and O–H groups in total. The van der Waals surface area contributed by atoms with E-state index in [0.29, 0.717) is 12.3 Å². The third-order valence-electron chi connectivity index (χ3n) is 4.58. The Bertz CT molecular complexity index is 660. The SMILES string of the molecule is O=C(Nc1ccc(S(=O)(=O)NC2CCCCC2)cc1)[C@H]1CCCO1. The van der Waals surface area contributed by atoms with Gasteiger partial charge in [-0.15, -0.1) is 0 Å². The summed E-state index contributed by atoms with van der Waals surface area (Å²) in [6, 6.07) is 6.31. The van der Waals surface area contributed by atoms with Gasteiger partial charge in [0.1, 0.15) is 6.10 Å². The number of rotatable bonds is 5. The van der Waals surface area contributed by atoms with Gasteiger partial charge in [0.15, 0.2) is 0 Å². The third kappa shape index (κ3) is 4.34. The second-order valence-corrected chi connectivity index (χ2v) is 8.19. The predicted octanol–water partition coefficient (Wildman–Crippen LogP) is 2.42. The zero-order valence-electron chi connectivity index (χ0n) is 13.7. The highest BCUT2D eigenvalue weighted by Gasteiger charge is 2.24. The van der Waals surface area contributed by atoms with Crippen LogP contribution in [-0.4, -0.2) is 33.1 Å². The molecule has 1 aliphatic heterocycles. The van der Waals surface area contributed by atoms with E-state index >= 15 is 0 Å². The van der Waals surface area contributed by atoms with Gasteiger partial charge in [0.05, 0.1) is 4.90 Å². The first-order valence-electron chi connectivity index (χ1n) is 8.59. The van der Waals surface area contributed by atoms with Crippen LogP contribution in [0.3, 0.4) is 0 Å². The zero-order chi connectivity index (χ0) is 17.0. The van der Waals surface area contributed by atoms with Crippen LogP contribution in [0.25, 0.3) is 0 Å². The van der Waals surface area contributed by atoms with Gasteiger partial charge in [0.2, 0.25) is 10.0 Å². The fraction of sp³-hybridized carbons (Fsp3) is 0.588. The monoisotopic (exact) mass is 352 g/mol. The van der Waals surface area contributed by atoms with Crippen molar-refractivity contribution in [1.29, 1.82) is 0 Å². The number of anilines is 1. The molecule has 24 heavy (non-hydrogen) atoms. The van der Waals surface area contributed by atoms with Crippen LogP contribution < -0.4 is 10.0 Å². The largest absolute Gasteiger partial charge is 0.368 e. The lowest BCUT2D eigenvalue weighted by Crippen LogP contribution is -2.36. The van der Waals surface area contributed by atoms with E-state index in [1.807, 2.05) is 0 Å². The summed E-state index contributed by atoms with van der Waals surface area (Å²) in [6.45, 7) is 0.613. The van der Waals surface area contributed by atoms with E-state index in [0.717, 1.165) is 38.5 Å². The molecule has 0 spiro atoms. The molecule has 1 saturated heterocycles. The van der Waals surface area contributed by atoms with E-state index in [4.69, 9.17) is 4.74 Å². The Morgan fingerprint density at radius 1 is 1.00 bits per heavy atom. The Hall–Kier alpha value is -1.44. The van der Waals surface area contributed by atoms with Crippen molar-refractivity contribution in [3.05, 3.63) is 24.3 Å². The Balaban J connectivity index is 1.61. The Kier molecular flexibility index (Phi) is 5.53. The van der Waals surface area contributed by atoms with E-state index in [9.17, 15) is 13.2 Å². The van der Waals surface area contributed by atoms with E-state index in [1.54, 1.807) is 12.1 Å². The fourth-order valence-corrected chi connectivity index (χ4v) is 4.54. The summed E-state index contributed by atoms with van der Waals surface area (Å²) in [4.78, 5) is 12.2. The van der Waals surface area contributed by atoms with Crippen LogP contribution in [-0.2, 0) is 19.6 Å². The molecule has 1 aromatic rings. The number of hydrogen-bond acceptors (Lipinski definition) is 4. The maximum Gasteiger partial charge on any atom is 0.253 e. The molecule has 1 aromatic carbocycles. The lowest BCUT2D eigenvalue weighted by molar-refractivity contribution is -0.124. The fourth-order valence-electron chi connectivity index (χ4n) is 3.23. The lowest BCUT2D eigenvalue weighted by Gasteiger charge is -2.22. The van der Waals surface area contributed by atoms with Crippen LogP contribution in [0, 0.1) is 0 Å². The molecule has 2 aliphatic rings. The quantitative estimate of drug-likeness (QED) is 0.852. The first-order chi connectivity index (χ1) is 11.5. The molecule has 0 radical (unpaired) electrons. The summed E-state index contributed by atoms with van der Waals surface area (Å²) in [5.41, 5.74) is 0.576. The zero-order valence-corrected chi connectivity index (χ0v) is 14.5. The first kappa shape index (κ1) is 17.4. The van der Waals surface area contributed by atoms with Gasteiger partial charge in [-0.3, -0.25) is 4.79 Å². The van der Waals surface area contributed by atoms with Crippen molar-refractivity contribution in [2.24, 2.45) is 0 Å². The molecule has 3 rings (SSSR count). The molecule has 1 amide bonds. The van der Waals surface area contributed by atoms with E-state index < -0.39 is 16.1 Å². The van der Waals surface area contributed by atoms with Gasteiger partial charge in [-0.05, 0) is 49.9 Å². The lowest BCUT2D eigenvalue weighted by atomic mass is 9.96. The van der Waals surface area contributed by atoms with Gasteiger partial charge in [-0.25, -0.2) is 13.1 Å². The van der Waals surface area contributed by atoms with Crippen LogP contribution in [0.4, 0.5) is 5.69 Å². The molecule has 1 atom stereocenters. The highest BCUT2D eigenvalue weighted by molar-refractivity contribution is 7.89. The van der Waals surface area contributed by atoms with Gasteiger partial charge in [0, 0.05) is 18.3 Å². The number of hydrogen-bond donors (Lipinski definition) is 2. The molecular formula is C17H24N2O4S. The molecule has 1 heterocycles. The highest BCUT2D eigenvalue weighted by atomic mass is 32.2. The summed E-state index contributed by atoms with van der Waals surface area (Å²) in [5, 5.41) is 2.76. The molecular weight excluding hydrogens is 328 g/mol. The standard InChI is InChI=1S/C17H24N2O4S/c20-17(16-7-4-12-23-16)18-13-8-10-15(11-9-13)24(21,22)19-14-5-2-1-3-6-14/h8-11,14,16,19H,1-7,12H2,(H,18,20)/t16-/m1/s1. The molecule has 1 aliphatic carbocycles. The van der Waals surface area contributed by atoms with Gasteiger partial charge in [0.25, 0.3) is 5.91 Å². The molecule has 0 aromatic heterocycles. The van der Waals surface area contributed by atoms with Crippen molar-refractivity contribution in [2.75, 3.05) is 11.9 Å². The predicted molar refractivity (Wildman–Crippen MR) is 91.2 cm³/mol. The summed E-state index contributed by atoms with van der Waals surface area (Å²) in [7, 11) is -3.51. The van der Waals surface area contributed by atoms with Crippen molar-refractivity contribution >= 4 is 21.6 Å². The van der Waals surface area contributed by atoms with Gasteiger partial charge in [-0.1, -0.05) is 19.3 Å². The number of benzene rings is 1. The van der Waals surface area contributed by atoms with E-state index in [1.165, 1.54) is 18.6 Å². The number of nitrogens with one attached hydrogen (secondary N) is 2. The van der Waals surface area contributed by atoms with Crippen molar-refractivity contribution < 1.29 is 17.9 Å². The van der Waals surface area contributed by atoms with Gasteiger partial charge < -0.3 is 10.1 Å². The van der Waals surface area contributed by atoms with E-state index in [2.05, 4.69) is 10.0 Å².